The van der Waals surface area contributed by atoms with Gasteiger partial charge in [0, 0.05) is 12.4 Å². The number of hydrogen-bond donors (Lipinski definition) is 1. The maximum atomic E-state index is 10.8. The second kappa shape index (κ2) is 5.95. The summed E-state index contributed by atoms with van der Waals surface area (Å²) in [6, 6.07) is 0. The van der Waals surface area contributed by atoms with E-state index in [-0.39, 0.29) is 11.7 Å². The number of aliphatic hydroxyl groups excluding tert-OH is 1. The van der Waals surface area contributed by atoms with Gasteiger partial charge in [0.15, 0.2) is 0 Å². The van der Waals surface area contributed by atoms with Crippen LogP contribution in [0, 0.1) is 17.8 Å². The van der Waals surface area contributed by atoms with Crippen LogP contribution < -0.4 is 0 Å². The Balaban J connectivity index is 1.61. The van der Waals surface area contributed by atoms with E-state index in [1.165, 1.54) is 37.9 Å². The zero-order chi connectivity index (χ0) is 13.3. The average Bonchev–Trinajstić information content (AvgIpc) is 2.86. The Morgan fingerprint density at radius 3 is 2.89 bits per heavy atom. The van der Waals surface area contributed by atoms with Crippen molar-refractivity contribution in [3.05, 3.63) is 0 Å². The van der Waals surface area contributed by atoms with E-state index in [9.17, 15) is 5.11 Å². The molecule has 2 nitrogen and oxygen atoms in total. The van der Waals surface area contributed by atoms with Gasteiger partial charge in [0.1, 0.15) is 0 Å². The van der Waals surface area contributed by atoms with Gasteiger partial charge in [0.05, 0.1) is 11.7 Å². The summed E-state index contributed by atoms with van der Waals surface area (Å²) in [5, 5.41) is 10.8. The third-order valence-electron chi connectivity index (χ3n) is 5.54. The fraction of sp³-hybridized carbons (Fsp3) is 1.00. The van der Waals surface area contributed by atoms with Crippen molar-refractivity contribution in [1.29, 1.82) is 0 Å². The normalized spacial score (nSPS) is 45.5. The topological polar surface area (TPSA) is 29.5 Å². The van der Waals surface area contributed by atoms with Crippen LogP contribution in [-0.4, -0.2) is 34.9 Å². The molecule has 2 aliphatic heterocycles. The van der Waals surface area contributed by atoms with Gasteiger partial charge < -0.3 is 9.84 Å². The van der Waals surface area contributed by atoms with E-state index in [0.29, 0.717) is 11.8 Å². The van der Waals surface area contributed by atoms with Crippen LogP contribution in [0.4, 0.5) is 0 Å². The van der Waals surface area contributed by atoms with Crippen molar-refractivity contribution in [1.82, 2.24) is 0 Å². The summed E-state index contributed by atoms with van der Waals surface area (Å²) in [5.74, 6) is 4.24. The Kier molecular flexibility index (Phi) is 4.45. The zero-order valence-corrected chi connectivity index (χ0v) is 13.0. The second-order valence-electron chi connectivity index (χ2n) is 7.11. The van der Waals surface area contributed by atoms with Gasteiger partial charge in [-0.25, -0.2) is 0 Å². The zero-order valence-electron chi connectivity index (χ0n) is 12.1. The first kappa shape index (κ1) is 14.2. The van der Waals surface area contributed by atoms with Crippen molar-refractivity contribution >= 4 is 11.8 Å². The number of aliphatic hydroxyl groups is 1. The molecule has 1 spiro atoms. The highest BCUT2D eigenvalue weighted by molar-refractivity contribution is 7.99. The van der Waals surface area contributed by atoms with Gasteiger partial charge in [-0.1, -0.05) is 19.8 Å². The van der Waals surface area contributed by atoms with Gasteiger partial charge >= 0.3 is 0 Å². The molecule has 1 N–H and O–H groups in total. The van der Waals surface area contributed by atoms with Crippen molar-refractivity contribution in [2.24, 2.45) is 17.8 Å². The van der Waals surface area contributed by atoms with Crippen LogP contribution in [0.3, 0.4) is 0 Å². The number of rotatable bonds is 2. The summed E-state index contributed by atoms with van der Waals surface area (Å²) < 4.78 is 6.08. The summed E-state index contributed by atoms with van der Waals surface area (Å²) in [4.78, 5) is 0. The van der Waals surface area contributed by atoms with Crippen LogP contribution in [0.1, 0.15) is 51.9 Å². The maximum Gasteiger partial charge on any atom is 0.0783 e. The first-order valence-corrected chi connectivity index (χ1v) is 9.24. The minimum absolute atomic E-state index is 0.0749. The van der Waals surface area contributed by atoms with Crippen LogP contribution in [0.25, 0.3) is 0 Å². The van der Waals surface area contributed by atoms with Gasteiger partial charge in [0.2, 0.25) is 0 Å². The van der Waals surface area contributed by atoms with Crippen LogP contribution in [-0.2, 0) is 4.74 Å². The van der Waals surface area contributed by atoms with Crippen LogP contribution in [0.15, 0.2) is 0 Å². The molecule has 5 atom stereocenters. The summed E-state index contributed by atoms with van der Waals surface area (Å²) in [6.45, 7) is 3.21. The Morgan fingerprint density at radius 1 is 1.26 bits per heavy atom. The fourth-order valence-corrected chi connectivity index (χ4v) is 5.77. The third-order valence-corrected chi connectivity index (χ3v) is 6.76. The molecule has 0 amide bonds. The van der Waals surface area contributed by atoms with Gasteiger partial charge in [-0.05, 0) is 55.6 Å². The van der Waals surface area contributed by atoms with E-state index in [1.54, 1.807) is 0 Å². The summed E-state index contributed by atoms with van der Waals surface area (Å²) in [7, 11) is 0. The molecule has 3 fully saturated rings. The minimum atomic E-state index is -0.0749. The summed E-state index contributed by atoms with van der Waals surface area (Å²) in [5.41, 5.74) is 0.120. The van der Waals surface area contributed by atoms with Crippen molar-refractivity contribution < 1.29 is 9.84 Å². The van der Waals surface area contributed by atoms with Gasteiger partial charge in [-0.15, -0.1) is 0 Å². The Hall–Kier alpha value is 0.270. The lowest BCUT2D eigenvalue weighted by Crippen LogP contribution is -2.45. The Bertz CT molecular complexity index is 301. The van der Waals surface area contributed by atoms with Crippen LogP contribution in [0.5, 0.6) is 0 Å². The molecule has 3 heteroatoms. The van der Waals surface area contributed by atoms with Crippen molar-refractivity contribution in [3.63, 3.8) is 0 Å². The second-order valence-corrected chi connectivity index (χ2v) is 8.21. The van der Waals surface area contributed by atoms with Crippen molar-refractivity contribution in [2.75, 3.05) is 18.1 Å². The van der Waals surface area contributed by atoms with Crippen molar-refractivity contribution in [3.8, 4) is 0 Å². The SMILES string of the molecule is CC1CCCC(C(O)C2CCOC3(CCSC3)C2)C1. The molecule has 1 saturated carbocycles. The molecule has 5 unspecified atom stereocenters. The monoisotopic (exact) mass is 284 g/mol. The predicted molar refractivity (Wildman–Crippen MR) is 80.5 cm³/mol. The Morgan fingerprint density at radius 2 is 2.16 bits per heavy atom. The molecule has 1 aliphatic carbocycles. The van der Waals surface area contributed by atoms with Gasteiger partial charge in [-0.3, -0.25) is 0 Å². The quantitative estimate of drug-likeness (QED) is 0.842. The molecule has 2 heterocycles. The first-order valence-electron chi connectivity index (χ1n) is 8.08. The molecule has 110 valence electrons. The summed E-state index contributed by atoms with van der Waals surface area (Å²) >= 11 is 2.02. The molecule has 0 radical (unpaired) electrons. The van der Waals surface area contributed by atoms with Gasteiger partial charge in [0.25, 0.3) is 0 Å². The maximum absolute atomic E-state index is 10.8. The van der Waals surface area contributed by atoms with Crippen LogP contribution >= 0.6 is 11.8 Å². The molecule has 19 heavy (non-hydrogen) atoms. The molecule has 2 saturated heterocycles. The fourth-order valence-electron chi connectivity index (χ4n) is 4.40. The van der Waals surface area contributed by atoms with Crippen molar-refractivity contribution in [2.45, 2.75) is 63.6 Å². The van der Waals surface area contributed by atoms with E-state index < -0.39 is 0 Å². The highest BCUT2D eigenvalue weighted by atomic mass is 32.2. The molecule has 0 aromatic rings. The smallest absolute Gasteiger partial charge is 0.0783 e. The molecule has 3 aliphatic rings. The number of hydrogen-bond acceptors (Lipinski definition) is 3. The minimum Gasteiger partial charge on any atom is -0.393 e. The lowest BCUT2D eigenvalue weighted by molar-refractivity contribution is -0.112. The van der Waals surface area contributed by atoms with Crippen LogP contribution in [0.2, 0.25) is 0 Å². The molecule has 0 aromatic heterocycles. The van der Waals surface area contributed by atoms with Gasteiger partial charge in [-0.2, -0.15) is 11.8 Å². The molecule has 3 rings (SSSR count). The average molecular weight is 284 g/mol. The Labute approximate surface area is 121 Å². The van der Waals surface area contributed by atoms with E-state index in [2.05, 4.69) is 6.92 Å². The molecule has 0 bridgehead atoms. The lowest BCUT2D eigenvalue weighted by atomic mass is 9.72. The molecule has 0 aromatic carbocycles. The number of thioether (sulfide) groups is 1. The predicted octanol–water partition coefficient (Wildman–Crippen LogP) is 3.48. The standard InChI is InChI=1S/C16H28O2S/c1-12-3-2-4-13(9-12)15(17)14-5-7-18-16(10-14)6-8-19-11-16/h12-15,17H,2-11H2,1H3. The number of ether oxygens (including phenoxy) is 1. The molecular weight excluding hydrogens is 256 g/mol. The lowest BCUT2D eigenvalue weighted by Gasteiger charge is -2.42. The van der Waals surface area contributed by atoms with E-state index in [4.69, 9.17) is 4.74 Å². The highest BCUT2D eigenvalue weighted by Gasteiger charge is 2.43. The largest absolute Gasteiger partial charge is 0.393 e. The molecular formula is C16H28O2S. The third kappa shape index (κ3) is 3.14. The van der Waals surface area contributed by atoms with E-state index in [0.717, 1.165) is 31.1 Å². The first-order chi connectivity index (χ1) is 9.19. The summed E-state index contributed by atoms with van der Waals surface area (Å²) in [6.07, 6.45) is 8.44. The highest BCUT2D eigenvalue weighted by Crippen LogP contribution is 2.44. The van der Waals surface area contributed by atoms with E-state index in [1.807, 2.05) is 11.8 Å². The van der Waals surface area contributed by atoms with E-state index >= 15 is 0 Å².